The molecule has 2 aromatic carbocycles. The van der Waals surface area contributed by atoms with Crippen molar-refractivity contribution in [2.75, 3.05) is 6.61 Å². The minimum atomic E-state index is 0.103. The van der Waals surface area contributed by atoms with Gasteiger partial charge in [0.1, 0.15) is 0 Å². The summed E-state index contributed by atoms with van der Waals surface area (Å²) >= 11 is 1.63. The number of hydrogen-bond donors (Lipinski definition) is 1. The first-order valence-electron chi connectivity index (χ1n) is 8.27. The van der Waals surface area contributed by atoms with Crippen LogP contribution in [0, 0.1) is 0 Å². The predicted octanol–water partition coefficient (Wildman–Crippen LogP) is 4.26. The highest BCUT2D eigenvalue weighted by Crippen LogP contribution is 2.22. The van der Waals surface area contributed by atoms with E-state index in [2.05, 4.69) is 53.3 Å². The molecule has 4 heteroatoms. The molecule has 0 bridgehead atoms. The average molecular weight is 338 g/mol. The molecule has 1 unspecified atom stereocenters. The van der Waals surface area contributed by atoms with Crippen molar-refractivity contribution in [1.82, 2.24) is 4.57 Å². The number of nitrogens with zero attached hydrogens (tertiary/aromatic N) is 2. The van der Waals surface area contributed by atoms with E-state index in [1.165, 1.54) is 5.56 Å². The van der Waals surface area contributed by atoms with Crippen LogP contribution in [0.5, 0.6) is 0 Å². The standard InChI is InChI=1S/C20H22N2OS/c1-2-18(16-9-5-3-6-10-16)21-20-22(13-14-23)19(15-24-20)17-11-7-4-8-12-17/h3-12,15,18,23H,2,13-14H2,1H3. The molecule has 1 N–H and O–H groups in total. The lowest BCUT2D eigenvalue weighted by Crippen LogP contribution is -2.19. The van der Waals surface area contributed by atoms with Crippen molar-refractivity contribution in [2.24, 2.45) is 4.99 Å². The Balaban J connectivity index is 2.05. The lowest BCUT2D eigenvalue weighted by molar-refractivity contribution is 0.275. The number of aliphatic hydroxyl groups is 1. The van der Waals surface area contributed by atoms with Crippen LogP contribution in [0.3, 0.4) is 0 Å². The molecule has 24 heavy (non-hydrogen) atoms. The highest BCUT2D eigenvalue weighted by Gasteiger charge is 2.11. The third-order valence-electron chi connectivity index (χ3n) is 4.03. The zero-order chi connectivity index (χ0) is 16.8. The van der Waals surface area contributed by atoms with Gasteiger partial charge >= 0.3 is 0 Å². The number of aromatic nitrogens is 1. The quantitative estimate of drug-likeness (QED) is 0.716. The smallest absolute Gasteiger partial charge is 0.185 e. The molecule has 0 aliphatic rings. The molecule has 0 saturated carbocycles. The topological polar surface area (TPSA) is 37.5 Å². The fourth-order valence-corrected chi connectivity index (χ4v) is 3.78. The van der Waals surface area contributed by atoms with E-state index < -0.39 is 0 Å². The fraction of sp³-hybridized carbons (Fsp3) is 0.250. The molecule has 1 aromatic heterocycles. The van der Waals surface area contributed by atoms with Gasteiger partial charge in [-0.2, -0.15) is 0 Å². The van der Waals surface area contributed by atoms with Crippen LogP contribution in [-0.4, -0.2) is 16.3 Å². The summed E-state index contributed by atoms with van der Waals surface area (Å²) in [5, 5.41) is 11.6. The number of hydrogen-bond acceptors (Lipinski definition) is 3. The van der Waals surface area contributed by atoms with Gasteiger partial charge in [-0.3, -0.25) is 4.99 Å². The van der Waals surface area contributed by atoms with E-state index >= 15 is 0 Å². The highest BCUT2D eigenvalue weighted by atomic mass is 32.1. The maximum atomic E-state index is 9.48. The molecule has 0 fully saturated rings. The Kier molecular flexibility index (Phi) is 5.62. The Morgan fingerprint density at radius 3 is 2.33 bits per heavy atom. The zero-order valence-electron chi connectivity index (χ0n) is 13.8. The van der Waals surface area contributed by atoms with Crippen molar-refractivity contribution < 1.29 is 5.11 Å². The van der Waals surface area contributed by atoms with E-state index in [-0.39, 0.29) is 12.6 Å². The van der Waals surface area contributed by atoms with Crippen LogP contribution in [-0.2, 0) is 6.54 Å². The van der Waals surface area contributed by atoms with Gasteiger partial charge in [-0.1, -0.05) is 67.6 Å². The molecule has 0 amide bonds. The minimum Gasteiger partial charge on any atom is -0.395 e. The number of rotatable bonds is 6. The Labute approximate surface area is 146 Å². The Morgan fingerprint density at radius 2 is 1.71 bits per heavy atom. The van der Waals surface area contributed by atoms with Crippen LogP contribution in [0.1, 0.15) is 24.9 Å². The van der Waals surface area contributed by atoms with Gasteiger partial charge in [0.25, 0.3) is 0 Å². The molecule has 124 valence electrons. The summed E-state index contributed by atoms with van der Waals surface area (Å²) in [6, 6.07) is 20.8. The molecular weight excluding hydrogens is 316 g/mol. The minimum absolute atomic E-state index is 0.103. The molecule has 1 heterocycles. The lowest BCUT2D eigenvalue weighted by Gasteiger charge is -2.11. The van der Waals surface area contributed by atoms with Gasteiger partial charge in [-0.05, 0) is 17.5 Å². The summed E-state index contributed by atoms with van der Waals surface area (Å²) in [6.07, 6.45) is 0.946. The van der Waals surface area contributed by atoms with Crippen LogP contribution < -0.4 is 4.80 Å². The highest BCUT2D eigenvalue weighted by molar-refractivity contribution is 7.07. The van der Waals surface area contributed by atoms with Crippen molar-refractivity contribution in [3.8, 4) is 11.3 Å². The molecule has 0 saturated heterocycles. The molecule has 1 atom stereocenters. The lowest BCUT2D eigenvalue weighted by atomic mass is 10.1. The van der Waals surface area contributed by atoms with Gasteiger partial charge in [0.15, 0.2) is 4.80 Å². The average Bonchev–Trinajstić information content (AvgIpc) is 3.04. The normalized spacial score (nSPS) is 13.2. The first-order chi connectivity index (χ1) is 11.8. The Hall–Kier alpha value is -2.17. The zero-order valence-corrected chi connectivity index (χ0v) is 14.6. The molecule has 3 rings (SSSR count). The molecule has 0 aliphatic heterocycles. The summed E-state index contributed by atoms with van der Waals surface area (Å²) in [5.74, 6) is 0. The molecule has 0 radical (unpaired) electrons. The number of benzene rings is 2. The second-order valence-electron chi connectivity index (χ2n) is 5.61. The van der Waals surface area contributed by atoms with Crippen LogP contribution in [0.15, 0.2) is 71.0 Å². The Bertz CT molecular complexity index is 822. The Morgan fingerprint density at radius 1 is 1.04 bits per heavy atom. The van der Waals surface area contributed by atoms with Crippen LogP contribution in [0.4, 0.5) is 0 Å². The van der Waals surface area contributed by atoms with Crippen molar-refractivity contribution in [2.45, 2.75) is 25.9 Å². The van der Waals surface area contributed by atoms with Gasteiger partial charge in [-0.25, -0.2) is 0 Å². The number of aliphatic hydroxyl groups excluding tert-OH is 1. The van der Waals surface area contributed by atoms with Crippen LogP contribution in [0.25, 0.3) is 11.3 Å². The van der Waals surface area contributed by atoms with Crippen molar-refractivity contribution in [3.05, 3.63) is 76.4 Å². The second-order valence-corrected chi connectivity index (χ2v) is 6.45. The van der Waals surface area contributed by atoms with Gasteiger partial charge in [0.05, 0.1) is 18.3 Å². The maximum Gasteiger partial charge on any atom is 0.185 e. The predicted molar refractivity (Wildman–Crippen MR) is 99.9 cm³/mol. The largest absolute Gasteiger partial charge is 0.395 e. The second kappa shape index (κ2) is 8.08. The summed E-state index contributed by atoms with van der Waals surface area (Å²) < 4.78 is 2.12. The first-order valence-corrected chi connectivity index (χ1v) is 9.15. The van der Waals surface area contributed by atoms with E-state index in [0.717, 1.165) is 22.5 Å². The monoisotopic (exact) mass is 338 g/mol. The van der Waals surface area contributed by atoms with E-state index in [1.54, 1.807) is 11.3 Å². The van der Waals surface area contributed by atoms with E-state index in [4.69, 9.17) is 4.99 Å². The molecule has 0 spiro atoms. The van der Waals surface area contributed by atoms with Gasteiger partial charge in [0, 0.05) is 11.9 Å². The third kappa shape index (κ3) is 3.66. The SMILES string of the molecule is CCC(N=c1scc(-c2ccccc2)n1CCO)c1ccccc1. The summed E-state index contributed by atoms with van der Waals surface area (Å²) in [6.45, 7) is 2.81. The van der Waals surface area contributed by atoms with Crippen LogP contribution >= 0.6 is 11.3 Å². The third-order valence-corrected chi connectivity index (χ3v) is 4.91. The van der Waals surface area contributed by atoms with Gasteiger partial charge in [0.2, 0.25) is 0 Å². The van der Waals surface area contributed by atoms with Crippen LogP contribution in [0.2, 0.25) is 0 Å². The summed E-state index contributed by atoms with van der Waals surface area (Å²) in [4.78, 5) is 5.94. The van der Waals surface area contributed by atoms with E-state index in [1.807, 2.05) is 24.3 Å². The molecule has 3 aromatic rings. The summed E-state index contributed by atoms with van der Waals surface area (Å²) in [7, 11) is 0. The summed E-state index contributed by atoms with van der Waals surface area (Å²) in [5.41, 5.74) is 3.48. The molecule has 3 nitrogen and oxygen atoms in total. The number of thiazole rings is 1. The molecule has 0 aliphatic carbocycles. The fourth-order valence-electron chi connectivity index (χ4n) is 2.80. The van der Waals surface area contributed by atoms with Crippen molar-refractivity contribution in [3.63, 3.8) is 0 Å². The van der Waals surface area contributed by atoms with Gasteiger partial charge < -0.3 is 9.67 Å². The maximum absolute atomic E-state index is 9.48. The first kappa shape index (κ1) is 16.7. The van der Waals surface area contributed by atoms with Crippen molar-refractivity contribution >= 4 is 11.3 Å². The van der Waals surface area contributed by atoms with E-state index in [0.29, 0.717) is 6.54 Å². The van der Waals surface area contributed by atoms with Crippen molar-refractivity contribution in [1.29, 1.82) is 0 Å². The molecular formula is C20H22N2OS. The van der Waals surface area contributed by atoms with E-state index in [9.17, 15) is 5.11 Å². The van der Waals surface area contributed by atoms with Gasteiger partial charge in [-0.15, -0.1) is 11.3 Å².